The number of anilines is 1. The predicted octanol–water partition coefficient (Wildman–Crippen LogP) is 3.96. The molecule has 3 aromatic rings. The molecule has 0 radical (unpaired) electrons. The molecule has 3 rings (SSSR count). The molecule has 4 heteroatoms. The zero-order valence-electron chi connectivity index (χ0n) is 12.9. The summed E-state index contributed by atoms with van der Waals surface area (Å²) in [5.74, 6) is 1.60. The summed E-state index contributed by atoms with van der Waals surface area (Å²) >= 11 is 0. The minimum Gasteiger partial charge on any atom is -0.457 e. The van der Waals surface area contributed by atoms with Gasteiger partial charge in [0.25, 0.3) is 0 Å². The predicted molar refractivity (Wildman–Crippen MR) is 92.8 cm³/mol. The monoisotopic (exact) mass is 305 g/mol. The molecule has 23 heavy (non-hydrogen) atoms. The number of para-hydroxylation sites is 1. The number of aromatic nitrogens is 1. The normalized spacial score (nSPS) is 11.7. The second-order valence-electron chi connectivity index (χ2n) is 5.17. The van der Waals surface area contributed by atoms with E-state index in [0.717, 1.165) is 28.3 Å². The number of benzene rings is 2. The number of nitrogens with one attached hydrogen (secondary N) is 1. The Labute approximate surface area is 135 Å². The van der Waals surface area contributed by atoms with Crippen molar-refractivity contribution in [2.75, 3.05) is 12.4 Å². The Balaban J connectivity index is 1.79. The van der Waals surface area contributed by atoms with Gasteiger partial charge in [-0.25, -0.2) is 0 Å². The lowest BCUT2D eigenvalue weighted by atomic mass is 9.99. The van der Waals surface area contributed by atoms with E-state index in [1.54, 1.807) is 12.4 Å². The van der Waals surface area contributed by atoms with Gasteiger partial charge in [-0.2, -0.15) is 0 Å². The maximum absolute atomic E-state index is 6.37. The fourth-order valence-electron chi connectivity index (χ4n) is 2.43. The third-order valence-corrected chi connectivity index (χ3v) is 3.67. The molecule has 3 N–H and O–H groups in total. The van der Waals surface area contributed by atoms with Crippen LogP contribution in [0.2, 0.25) is 0 Å². The average Bonchev–Trinajstić information content (AvgIpc) is 2.62. The standard InChI is InChI=1S/C19H19N3O/c1-21-18-11-12-22-13-17(18)19(20)14-7-9-16(10-8-14)23-15-5-3-2-4-6-15/h2-13,19H,20H2,1H3,(H,21,22). The Morgan fingerprint density at radius 1 is 0.957 bits per heavy atom. The van der Waals surface area contributed by atoms with Crippen molar-refractivity contribution in [2.45, 2.75) is 6.04 Å². The van der Waals surface area contributed by atoms with Crippen molar-refractivity contribution < 1.29 is 4.74 Å². The number of hydrogen-bond acceptors (Lipinski definition) is 4. The zero-order valence-corrected chi connectivity index (χ0v) is 12.9. The lowest BCUT2D eigenvalue weighted by Gasteiger charge is -2.16. The van der Waals surface area contributed by atoms with Gasteiger partial charge < -0.3 is 15.8 Å². The second kappa shape index (κ2) is 6.94. The number of rotatable bonds is 5. The minimum atomic E-state index is -0.239. The topological polar surface area (TPSA) is 60.2 Å². The fraction of sp³-hybridized carbons (Fsp3) is 0.105. The van der Waals surface area contributed by atoms with Crippen molar-refractivity contribution in [3.63, 3.8) is 0 Å². The lowest BCUT2D eigenvalue weighted by Crippen LogP contribution is -2.14. The van der Waals surface area contributed by atoms with E-state index in [0.29, 0.717) is 0 Å². The van der Waals surface area contributed by atoms with Crippen LogP contribution in [0.25, 0.3) is 0 Å². The van der Waals surface area contributed by atoms with E-state index in [4.69, 9.17) is 10.5 Å². The van der Waals surface area contributed by atoms with Gasteiger partial charge in [-0.05, 0) is 35.9 Å². The van der Waals surface area contributed by atoms with Gasteiger partial charge in [0.15, 0.2) is 0 Å². The summed E-state index contributed by atoms with van der Waals surface area (Å²) in [4.78, 5) is 4.17. The third-order valence-electron chi connectivity index (χ3n) is 3.67. The Morgan fingerprint density at radius 3 is 2.35 bits per heavy atom. The highest BCUT2D eigenvalue weighted by Crippen LogP contribution is 2.28. The molecular weight excluding hydrogens is 286 g/mol. The van der Waals surface area contributed by atoms with Gasteiger partial charge in [-0.15, -0.1) is 0 Å². The molecule has 1 aromatic heterocycles. The van der Waals surface area contributed by atoms with Gasteiger partial charge in [0.2, 0.25) is 0 Å². The summed E-state index contributed by atoms with van der Waals surface area (Å²) in [6, 6.07) is 19.2. The van der Waals surface area contributed by atoms with E-state index < -0.39 is 0 Å². The number of ether oxygens (including phenoxy) is 1. The molecule has 0 bridgehead atoms. The molecule has 0 saturated heterocycles. The van der Waals surface area contributed by atoms with Crippen LogP contribution in [0.5, 0.6) is 11.5 Å². The number of hydrogen-bond donors (Lipinski definition) is 2. The molecule has 0 aliphatic carbocycles. The van der Waals surface area contributed by atoms with Gasteiger partial charge in [0.1, 0.15) is 11.5 Å². The molecule has 4 nitrogen and oxygen atoms in total. The van der Waals surface area contributed by atoms with Crippen molar-refractivity contribution in [1.82, 2.24) is 4.98 Å². The summed E-state index contributed by atoms with van der Waals surface area (Å²) < 4.78 is 5.80. The van der Waals surface area contributed by atoms with Crippen LogP contribution >= 0.6 is 0 Å². The van der Waals surface area contributed by atoms with Crippen LogP contribution in [0, 0.1) is 0 Å². The van der Waals surface area contributed by atoms with Crippen LogP contribution in [0.1, 0.15) is 17.2 Å². The average molecular weight is 305 g/mol. The van der Waals surface area contributed by atoms with Crippen LogP contribution in [0.3, 0.4) is 0 Å². The molecule has 0 fully saturated rings. The number of pyridine rings is 1. The molecule has 116 valence electrons. The molecule has 2 aromatic carbocycles. The Kier molecular flexibility index (Phi) is 4.54. The molecule has 0 saturated carbocycles. The molecule has 0 aliphatic heterocycles. The summed E-state index contributed by atoms with van der Waals surface area (Å²) in [5, 5.41) is 3.15. The van der Waals surface area contributed by atoms with Crippen molar-refractivity contribution >= 4 is 5.69 Å². The molecule has 1 atom stereocenters. The first-order valence-electron chi connectivity index (χ1n) is 7.48. The minimum absolute atomic E-state index is 0.239. The van der Waals surface area contributed by atoms with Gasteiger partial charge in [-0.1, -0.05) is 30.3 Å². The van der Waals surface area contributed by atoms with Crippen molar-refractivity contribution in [3.8, 4) is 11.5 Å². The van der Waals surface area contributed by atoms with E-state index in [1.165, 1.54) is 0 Å². The Morgan fingerprint density at radius 2 is 1.65 bits per heavy atom. The lowest BCUT2D eigenvalue weighted by molar-refractivity contribution is 0.482. The molecular formula is C19H19N3O. The van der Waals surface area contributed by atoms with Crippen LogP contribution < -0.4 is 15.8 Å². The molecule has 0 amide bonds. The first-order chi connectivity index (χ1) is 11.3. The van der Waals surface area contributed by atoms with Gasteiger partial charge in [-0.3, -0.25) is 4.98 Å². The van der Waals surface area contributed by atoms with Crippen LogP contribution in [0.15, 0.2) is 73.1 Å². The molecule has 1 heterocycles. The number of nitrogens with two attached hydrogens (primary N) is 1. The van der Waals surface area contributed by atoms with E-state index in [1.807, 2.05) is 67.7 Å². The zero-order chi connectivity index (χ0) is 16.1. The van der Waals surface area contributed by atoms with E-state index in [-0.39, 0.29) is 6.04 Å². The summed E-state index contributed by atoms with van der Waals surface area (Å²) in [7, 11) is 1.88. The van der Waals surface area contributed by atoms with Gasteiger partial charge in [0, 0.05) is 30.7 Å². The van der Waals surface area contributed by atoms with Crippen LogP contribution in [-0.4, -0.2) is 12.0 Å². The maximum atomic E-state index is 6.37. The first kappa shape index (κ1) is 15.1. The highest BCUT2D eigenvalue weighted by molar-refractivity contribution is 5.53. The highest BCUT2D eigenvalue weighted by Gasteiger charge is 2.13. The quantitative estimate of drug-likeness (QED) is 0.749. The van der Waals surface area contributed by atoms with Crippen molar-refractivity contribution in [3.05, 3.63) is 84.2 Å². The Bertz CT molecular complexity index is 757. The smallest absolute Gasteiger partial charge is 0.127 e. The second-order valence-corrected chi connectivity index (χ2v) is 5.17. The van der Waals surface area contributed by atoms with E-state index in [9.17, 15) is 0 Å². The molecule has 0 aliphatic rings. The molecule has 0 spiro atoms. The SMILES string of the molecule is CNc1ccncc1C(N)c1ccc(Oc2ccccc2)cc1. The van der Waals surface area contributed by atoms with Crippen molar-refractivity contribution in [1.29, 1.82) is 0 Å². The van der Waals surface area contributed by atoms with E-state index >= 15 is 0 Å². The third kappa shape index (κ3) is 3.49. The maximum Gasteiger partial charge on any atom is 0.127 e. The number of nitrogens with zero attached hydrogens (tertiary/aromatic N) is 1. The summed E-state index contributed by atoms with van der Waals surface area (Å²) in [5.41, 5.74) is 9.33. The fourth-order valence-corrected chi connectivity index (χ4v) is 2.43. The first-order valence-corrected chi connectivity index (χ1v) is 7.48. The summed E-state index contributed by atoms with van der Waals surface area (Å²) in [6.45, 7) is 0. The largest absolute Gasteiger partial charge is 0.457 e. The van der Waals surface area contributed by atoms with Crippen LogP contribution in [-0.2, 0) is 0 Å². The van der Waals surface area contributed by atoms with Crippen LogP contribution in [0.4, 0.5) is 5.69 Å². The van der Waals surface area contributed by atoms with Crippen molar-refractivity contribution in [2.24, 2.45) is 5.73 Å². The van der Waals surface area contributed by atoms with Gasteiger partial charge >= 0.3 is 0 Å². The molecule has 1 unspecified atom stereocenters. The highest BCUT2D eigenvalue weighted by atomic mass is 16.5. The van der Waals surface area contributed by atoms with Gasteiger partial charge in [0.05, 0.1) is 6.04 Å². The summed E-state index contributed by atoms with van der Waals surface area (Å²) in [6.07, 6.45) is 3.55. The Hall–Kier alpha value is -2.85. The van der Waals surface area contributed by atoms with E-state index in [2.05, 4.69) is 10.3 Å².